The summed E-state index contributed by atoms with van der Waals surface area (Å²) in [5.74, 6) is 0.789. The van der Waals surface area contributed by atoms with Gasteiger partial charge in [-0.15, -0.1) is 0 Å². The van der Waals surface area contributed by atoms with Gasteiger partial charge < -0.3 is 10.3 Å². The molecular formula is C12H14N6. The topological polar surface area (TPSA) is 74.6 Å². The molecule has 0 aromatic carbocycles. The van der Waals surface area contributed by atoms with Crippen LogP contribution in [-0.4, -0.2) is 24.3 Å². The van der Waals surface area contributed by atoms with Crippen LogP contribution in [0.3, 0.4) is 0 Å². The summed E-state index contributed by atoms with van der Waals surface area (Å²) >= 11 is 0. The summed E-state index contributed by atoms with van der Waals surface area (Å²) in [6.45, 7) is 0. The number of aryl methyl sites for hydroxylation is 2. The molecule has 1 unspecified atom stereocenters. The van der Waals surface area contributed by atoms with E-state index in [4.69, 9.17) is 5.73 Å². The molecule has 0 aliphatic carbocycles. The predicted octanol–water partition coefficient (Wildman–Crippen LogP) is 0.750. The molecule has 3 aromatic rings. The molecule has 3 heterocycles. The Morgan fingerprint density at radius 3 is 2.83 bits per heavy atom. The van der Waals surface area contributed by atoms with E-state index in [1.54, 1.807) is 17.1 Å². The molecule has 0 aliphatic rings. The molecule has 2 N–H and O–H groups in total. The fourth-order valence-corrected chi connectivity index (χ4v) is 2.07. The minimum absolute atomic E-state index is 0.294. The van der Waals surface area contributed by atoms with Crippen molar-refractivity contribution in [2.45, 2.75) is 6.04 Å². The van der Waals surface area contributed by atoms with Crippen molar-refractivity contribution in [3.8, 4) is 0 Å². The van der Waals surface area contributed by atoms with Crippen LogP contribution in [-0.2, 0) is 14.1 Å². The maximum absolute atomic E-state index is 6.23. The first-order valence-electron chi connectivity index (χ1n) is 5.68. The number of nitrogens with two attached hydrogens (primary N) is 1. The standard InChI is InChI=1S/C12H14N6/c1-17-7-8(6-15-17)10(13)12-16-11-9(18(12)2)4-3-5-14-11/h3-7,10H,13H2,1-2H3. The first kappa shape index (κ1) is 10.9. The van der Waals surface area contributed by atoms with E-state index < -0.39 is 0 Å². The Balaban J connectivity index is 2.11. The van der Waals surface area contributed by atoms with Crippen molar-refractivity contribution in [1.82, 2.24) is 24.3 Å². The molecule has 1 atom stereocenters. The van der Waals surface area contributed by atoms with Gasteiger partial charge in [0.05, 0.1) is 17.8 Å². The Bertz CT molecular complexity index is 695. The highest BCUT2D eigenvalue weighted by atomic mass is 15.2. The molecule has 3 rings (SSSR count). The van der Waals surface area contributed by atoms with Gasteiger partial charge in [0, 0.05) is 32.1 Å². The van der Waals surface area contributed by atoms with E-state index in [1.807, 2.05) is 37.0 Å². The van der Waals surface area contributed by atoms with Crippen LogP contribution in [0.15, 0.2) is 30.7 Å². The molecule has 0 amide bonds. The quantitative estimate of drug-likeness (QED) is 0.719. The minimum atomic E-state index is -0.294. The molecule has 3 aromatic heterocycles. The van der Waals surface area contributed by atoms with Crippen LogP contribution in [0.4, 0.5) is 0 Å². The maximum Gasteiger partial charge on any atom is 0.177 e. The molecular weight excluding hydrogens is 228 g/mol. The van der Waals surface area contributed by atoms with Gasteiger partial charge in [0.15, 0.2) is 5.65 Å². The van der Waals surface area contributed by atoms with Crippen molar-refractivity contribution < 1.29 is 0 Å². The highest BCUT2D eigenvalue weighted by Crippen LogP contribution is 2.21. The summed E-state index contributed by atoms with van der Waals surface area (Å²) in [7, 11) is 3.81. The number of hydrogen-bond acceptors (Lipinski definition) is 4. The second kappa shape index (κ2) is 3.92. The Morgan fingerprint density at radius 1 is 1.33 bits per heavy atom. The first-order valence-corrected chi connectivity index (χ1v) is 5.68. The van der Waals surface area contributed by atoms with Crippen LogP contribution in [0.2, 0.25) is 0 Å². The molecule has 6 nitrogen and oxygen atoms in total. The molecule has 0 radical (unpaired) electrons. The van der Waals surface area contributed by atoms with Crippen molar-refractivity contribution in [2.24, 2.45) is 19.8 Å². The third-order valence-corrected chi connectivity index (χ3v) is 3.05. The molecule has 0 aliphatic heterocycles. The second-order valence-electron chi connectivity index (χ2n) is 4.30. The molecule has 0 saturated heterocycles. The van der Waals surface area contributed by atoms with Crippen LogP contribution in [0.25, 0.3) is 11.2 Å². The lowest BCUT2D eigenvalue weighted by molar-refractivity contribution is 0.724. The number of fused-ring (bicyclic) bond motifs is 1. The van der Waals surface area contributed by atoms with Gasteiger partial charge in [-0.05, 0) is 12.1 Å². The Hall–Kier alpha value is -2.21. The van der Waals surface area contributed by atoms with Crippen LogP contribution in [0, 0.1) is 0 Å². The fourth-order valence-electron chi connectivity index (χ4n) is 2.07. The molecule has 92 valence electrons. The van der Waals surface area contributed by atoms with Gasteiger partial charge in [-0.25, -0.2) is 9.97 Å². The molecule has 6 heteroatoms. The van der Waals surface area contributed by atoms with E-state index in [0.717, 1.165) is 16.9 Å². The van der Waals surface area contributed by atoms with Crippen LogP contribution < -0.4 is 5.73 Å². The van der Waals surface area contributed by atoms with Crippen LogP contribution >= 0.6 is 0 Å². The van der Waals surface area contributed by atoms with E-state index in [1.165, 1.54) is 0 Å². The Labute approximate surface area is 104 Å². The number of aromatic nitrogens is 5. The SMILES string of the molecule is Cn1cc(C(N)c2nc3ncccc3n2C)cn1. The zero-order valence-corrected chi connectivity index (χ0v) is 10.3. The molecule has 18 heavy (non-hydrogen) atoms. The summed E-state index contributed by atoms with van der Waals surface area (Å²) in [6.07, 6.45) is 5.39. The first-order chi connectivity index (χ1) is 8.66. The summed E-state index contributed by atoms with van der Waals surface area (Å²) < 4.78 is 3.70. The summed E-state index contributed by atoms with van der Waals surface area (Å²) in [5, 5.41) is 4.13. The molecule has 0 fully saturated rings. The zero-order valence-electron chi connectivity index (χ0n) is 10.3. The van der Waals surface area contributed by atoms with Gasteiger partial charge in [-0.2, -0.15) is 5.10 Å². The van der Waals surface area contributed by atoms with Crippen molar-refractivity contribution in [2.75, 3.05) is 0 Å². The lowest BCUT2D eigenvalue weighted by Gasteiger charge is -2.09. The fraction of sp³-hybridized carbons (Fsp3) is 0.250. The highest BCUT2D eigenvalue weighted by molar-refractivity contribution is 5.71. The van der Waals surface area contributed by atoms with Crippen LogP contribution in [0.5, 0.6) is 0 Å². The Morgan fingerprint density at radius 2 is 2.17 bits per heavy atom. The van der Waals surface area contributed by atoms with E-state index in [0.29, 0.717) is 5.65 Å². The van der Waals surface area contributed by atoms with Gasteiger partial charge in [0.25, 0.3) is 0 Å². The van der Waals surface area contributed by atoms with Gasteiger partial charge in [0.1, 0.15) is 5.82 Å². The lowest BCUT2D eigenvalue weighted by atomic mass is 10.1. The second-order valence-corrected chi connectivity index (χ2v) is 4.30. The van der Waals surface area contributed by atoms with E-state index in [9.17, 15) is 0 Å². The van der Waals surface area contributed by atoms with E-state index in [2.05, 4.69) is 15.1 Å². The van der Waals surface area contributed by atoms with Gasteiger partial charge in [-0.1, -0.05) is 0 Å². The maximum atomic E-state index is 6.23. The third kappa shape index (κ3) is 1.58. The minimum Gasteiger partial charge on any atom is -0.328 e. The van der Waals surface area contributed by atoms with Crippen molar-refractivity contribution in [3.05, 3.63) is 42.1 Å². The van der Waals surface area contributed by atoms with E-state index >= 15 is 0 Å². The number of nitrogens with zero attached hydrogens (tertiary/aromatic N) is 5. The average molecular weight is 242 g/mol. The highest BCUT2D eigenvalue weighted by Gasteiger charge is 2.18. The van der Waals surface area contributed by atoms with Crippen molar-refractivity contribution in [3.63, 3.8) is 0 Å². The molecule has 0 spiro atoms. The van der Waals surface area contributed by atoms with Crippen LogP contribution in [0.1, 0.15) is 17.4 Å². The Kier molecular flexibility index (Phi) is 2.38. The predicted molar refractivity (Wildman–Crippen MR) is 67.7 cm³/mol. The average Bonchev–Trinajstić information content (AvgIpc) is 2.94. The third-order valence-electron chi connectivity index (χ3n) is 3.05. The number of rotatable bonds is 2. The van der Waals surface area contributed by atoms with Gasteiger partial charge >= 0.3 is 0 Å². The summed E-state index contributed by atoms with van der Waals surface area (Å²) in [4.78, 5) is 8.72. The van der Waals surface area contributed by atoms with Gasteiger partial charge in [0.2, 0.25) is 0 Å². The molecule has 0 bridgehead atoms. The monoisotopic (exact) mass is 242 g/mol. The number of hydrogen-bond donors (Lipinski definition) is 1. The summed E-state index contributed by atoms with van der Waals surface area (Å²) in [6, 6.07) is 3.58. The van der Waals surface area contributed by atoms with E-state index in [-0.39, 0.29) is 6.04 Å². The molecule has 0 saturated carbocycles. The van der Waals surface area contributed by atoms with Crippen molar-refractivity contribution >= 4 is 11.2 Å². The largest absolute Gasteiger partial charge is 0.328 e. The number of pyridine rings is 1. The smallest absolute Gasteiger partial charge is 0.177 e. The zero-order chi connectivity index (χ0) is 12.7. The normalized spacial score (nSPS) is 13.1. The van der Waals surface area contributed by atoms with Crippen molar-refractivity contribution in [1.29, 1.82) is 0 Å². The summed E-state index contributed by atoms with van der Waals surface area (Å²) in [5.41, 5.74) is 8.87. The lowest BCUT2D eigenvalue weighted by Crippen LogP contribution is -2.16. The number of imidazole rings is 1. The van der Waals surface area contributed by atoms with Gasteiger partial charge in [-0.3, -0.25) is 4.68 Å².